The van der Waals surface area contributed by atoms with Crippen molar-refractivity contribution in [1.29, 1.82) is 0 Å². The zero-order chi connectivity index (χ0) is 27.9. The van der Waals surface area contributed by atoms with E-state index in [0.717, 1.165) is 41.4 Å². The van der Waals surface area contributed by atoms with E-state index >= 15 is 0 Å². The van der Waals surface area contributed by atoms with Gasteiger partial charge in [0, 0.05) is 23.3 Å². The summed E-state index contributed by atoms with van der Waals surface area (Å²) in [5, 5.41) is 11.2. The van der Waals surface area contributed by atoms with Crippen LogP contribution in [0.2, 0.25) is 0 Å². The molecule has 2 aromatic carbocycles. The molecule has 5 rings (SSSR count). The summed E-state index contributed by atoms with van der Waals surface area (Å²) < 4.78 is 66.5. The van der Waals surface area contributed by atoms with E-state index in [1.807, 2.05) is 24.3 Å². The Morgan fingerprint density at radius 2 is 1.79 bits per heavy atom. The molecule has 0 amide bonds. The number of aromatic carboxylic acids is 1. The summed E-state index contributed by atoms with van der Waals surface area (Å²) in [5.41, 5.74) is 0.524. The van der Waals surface area contributed by atoms with E-state index in [-0.39, 0.29) is 28.6 Å². The van der Waals surface area contributed by atoms with Gasteiger partial charge in [-0.3, -0.25) is 4.98 Å². The molecule has 202 valence electrons. The molecule has 2 aromatic heterocycles. The average Bonchev–Trinajstić information content (AvgIpc) is 3.72. The van der Waals surface area contributed by atoms with Crippen LogP contribution in [0.15, 0.2) is 71.9 Å². The van der Waals surface area contributed by atoms with Gasteiger partial charge in [-0.1, -0.05) is 24.3 Å². The second-order valence-electron chi connectivity index (χ2n) is 9.62. The van der Waals surface area contributed by atoms with Crippen molar-refractivity contribution in [3.05, 3.63) is 94.9 Å². The molecular weight excluding hydrogens is 531 g/mol. The highest BCUT2D eigenvalue weighted by atomic mass is 32.2. The van der Waals surface area contributed by atoms with E-state index in [2.05, 4.69) is 9.97 Å². The van der Waals surface area contributed by atoms with Crippen LogP contribution >= 0.6 is 0 Å². The smallest absolute Gasteiger partial charge is 0.417 e. The van der Waals surface area contributed by atoms with Gasteiger partial charge >= 0.3 is 12.1 Å². The molecule has 7 nitrogen and oxygen atoms in total. The van der Waals surface area contributed by atoms with E-state index in [9.17, 15) is 31.5 Å². The number of carboxylic acids is 1. The van der Waals surface area contributed by atoms with E-state index in [1.54, 1.807) is 6.20 Å². The number of hydrogen-bond donors (Lipinski definition) is 1. The number of carboxylic acid groups (broad SMARTS) is 1. The molecule has 0 aliphatic heterocycles. The minimum Gasteiger partial charge on any atom is -0.478 e. The molecule has 1 aliphatic carbocycles. The second kappa shape index (κ2) is 9.96. The molecule has 1 fully saturated rings. The largest absolute Gasteiger partial charge is 0.478 e. The van der Waals surface area contributed by atoms with E-state index in [0.29, 0.717) is 11.4 Å². The Hall–Kier alpha value is -3.99. The third kappa shape index (κ3) is 5.58. The summed E-state index contributed by atoms with van der Waals surface area (Å²) in [7, 11) is -4.01. The van der Waals surface area contributed by atoms with Gasteiger partial charge in [-0.05, 0) is 67.0 Å². The quantitative estimate of drug-likeness (QED) is 0.286. The summed E-state index contributed by atoms with van der Waals surface area (Å²) in [5.74, 6) is -1.09. The average molecular weight is 556 g/mol. The molecular formula is C28H24F3N3O4S. The van der Waals surface area contributed by atoms with Crippen LogP contribution in [-0.4, -0.2) is 35.3 Å². The van der Waals surface area contributed by atoms with Gasteiger partial charge in [0.15, 0.2) is 9.84 Å². The number of sulfone groups is 1. The Bertz CT molecular complexity index is 1670. The minimum absolute atomic E-state index is 0.00743. The van der Waals surface area contributed by atoms with Crippen molar-refractivity contribution >= 4 is 32.4 Å². The normalized spacial score (nSPS) is 13.9. The molecule has 2 heterocycles. The van der Waals surface area contributed by atoms with Gasteiger partial charge in [0.2, 0.25) is 0 Å². The SMILES string of the molecule is Cc1cc(S(=O)(=O)CN(Cc2ccc(C(F)(F)F)cn2)c2ncc3ccccc3c2C2CC2)ccc1C(=O)O. The predicted molar refractivity (Wildman–Crippen MR) is 139 cm³/mol. The van der Waals surface area contributed by atoms with Crippen LogP contribution in [0, 0.1) is 6.92 Å². The number of benzene rings is 2. The summed E-state index contributed by atoms with van der Waals surface area (Å²) in [4.78, 5) is 21.5. The van der Waals surface area contributed by atoms with Crippen LogP contribution < -0.4 is 4.90 Å². The topological polar surface area (TPSA) is 100 Å². The molecule has 0 saturated heterocycles. The third-order valence-corrected chi connectivity index (χ3v) is 8.34. The molecule has 1 saturated carbocycles. The molecule has 1 N–H and O–H groups in total. The number of fused-ring (bicyclic) bond motifs is 1. The molecule has 0 unspecified atom stereocenters. The lowest BCUT2D eigenvalue weighted by atomic mass is 10.0. The fraction of sp³-hybridized carbons (Fsp3) is 0.250. The number of carbonyl (C=O) groups is 1. The summed E-state index contributed by atoms with van der Waals surface area (Å²) in [6, 6.07) is 13.6. The van der Waals surface area contributed by atoms with Crippen LogP contribution in [0.3, 0.4) is 0 Å². The van der Waals surface area contributed by atoms with Crippen molar-refractivity contribution in [1.82, 2.24) is 9.97 Å². The highest BCUT2D eigenvalue weighted by Gasteiger charge is 2.33. The Balaban J connectivity index is 1.58. The lowest BCUT2D eigenvalue weighted by Crippen LogP contribution is -2.31. The Morgan fingerprint density at radius 3 is 2.41 bits per heavy atom. The van der Waals surface area contributed by atoms with Gasteiger partial charge in [0.05, 0.1) is 28.3 Å². The number of halogens is 3. The van der Waals surface area contributed by atoms with Crippen LogP contribution in [0.1, 0.15) is 51.5 Å². The van der Waals surface area contributed by atoms with Crippen molar-refractivity contribution in [2.24, 2.45) is 0 Å². The van der Waals surface area contributed by atoms with Gasteiger partial charge in [-0.15, -0.1) is 0 Å². The Labute approximate surface area is 222 Å². The minimum atomic E-state index is -4.55. The predicted octanol–water partition coefficient (Wildman–Crippen LogP) is 5.97. The molecule has 39 heavy (non-hydrogen) atoms. The van der Waals surface area contributed by atoms with Gasteiger partial charge in [0.1, 0.15) is 11.7 Å². The molecule has 0 bridgehead atoms. The fourth-order valence-corrected chi connectivity index (χ4v) is 6.02. The number of alkyl halides is 3. The summed E-state index contributed by atoms with van der Waals surface area (Å²) in [6.45, 7) is 1.41. The first-order chi connectivity index (χ1) is 18.4. The van der Waals surface area contributed by atoms with Gasteiger partial charge in [-0.2, -0.15) is 13.2 Å². The second-order valence-corrected chi connectivity index (χ2v) is 11.6. The Kier molecular flexibility index (Phi) is 6.79. The van der Waals surface area contributed by atoms with Crippen molar-refractivity contribution in [2.75, 3.05) is 10.8 Å². The van der Waals surface area contributed by atoms with Crippen LogP contribution in [0.5, 0.6) is 0 Å². The van der Waals surface area contributed by atoms with Gasteiger partial charge in [0.25, 0.3) is 0 Å². The number of rotatable bonds is 8. The lowest BCUT2D eigenvalue weighted by Gasteiger charge is -2.27. The lowest BCUT2D eigenvalue weighted by molar-refractivity contribution is -0.137. The van der Waals surface area contributed by atoms with Crippen molar-refractivity contribution in [2.45, 2.75) is 43.3 Å². The molecule has 0 spiro atoms. The monoisotopic (exact) mass is 555 g/mol. The zero-order valence-electron chi connectivity index (χ0n) is 20.8. The number of anilines is 1. The first-order valence-corrected chi connectivity index (χ1v) is 13.8. The number of aryl methyl sites for hydroxylation is 1. The highest BCUT2D eigenvalue weighted by molar-refractivity contribution is 7.91. The van der Waals surface area contributed by atoms with Crippen molar-refractivity contribution < 1.29 is 31.5 Å². The maximum atomic E-state index is 13.6. The van der Waals surface area contributed by atoms with Crippen molar-refractivity contribution in [3.8, 4) is 0 Å². The van der Waals surface area contributed by atoms with Crippen molar-refractivity contribution in [3.63, 3.8) is 0 Å². The number of hydrogen-bond acceptors (Lipinski definition) is 6. The van der Waals surface area contributed by atoms with E-state index < -0.39 is 33.4 Å². The van der Waals surface area contributed by atoms with Crippen LogP contribution in [0.4, 0.5) is 19.0 Å². The third-order valence-electron chi connectivity index (χ3n) is 6.72. The van der Waals surface area contributed by atoms with E-state index in [4.69, 9.17) is 0 Å². The molecule has 11 heteroatoms. The summed E-state index contributed by atoms with van der Waals surface area (Å²) in [6.07, 6.45) is -0.337. The first kappa shape index (κ1) is 26.6. The van der Waals surface area contributed by atoms with Crippen LogP contribution in [-0.2, 0) is 22.6 Å². The Morgan fingerprint density at radius 1 is 1.05 bits per heavy atom. The van der Waals surface area contributed by atoms with Gasteiger partial charge < -0.3 is 10.0 Å². The number of pyridine rings is 2. The maximum Gasteiger partial charge on any atom is 0.417 e. The van der Waals surface area contributed by atoms with Crippen LogP contribution in [0.25, 0.3) is 10.8 Å². The molecule has 0 atom stereocenters. The number of aromatic nitrogens is 2. The maximum absolute atomic E-state index is 13.6. The molecule has 1 aliphatic rings. The summed E-state index contributed by atoms with van der Waals surface area (Å²) >= 11 is 0. The van der Waals surface area contributed by atoms with Gasteiger partial charge in [-0.25, -0.2) is 18.2 Å². The number of nitrogens with zero attached hydrogens (tertiary/aromatic N) is 3. The molecule has 0 radical (unpaired) electrons. The first-order valence-electron chi connectivity index (χ1n) is 12.2. The highest BCUT2D eigenvalue weighted by Crippen LogP contribution is 2.47. The zero-order valence-corrected chi connectivity index (χ0v) is 21.6. The molecule has 4 aromatic rings. The standard InChI is InChI=1S/C28H24F3N3O4S/c1-17-12-22(10-11-23(17)27(35)36)39(37,38)16-34(15-21-9-8-20(14-32-21)28(29,30)31)26-25(18-6-7-18)24-5-3-2-4-19(24)13-33-26/h2-5,8-14,18H,6-7,15-16H2,1H3,(H,35,36). The fourth-order valence-electron chi connectivity index (χ4n) is 4.61. The van der Waals surface area contributed by atoms with E-state index in [1.165, 1.54) is 36.1 Å².